The summed E-state index contributed by atoms with van der Waals surface area (Å²) in [7, 11) is 0. The maximum atomic E-state index is 12.6. The Morgan fingerprint density at radius 2 is 2.00 bits per heavy atom. The fraction of sp³-hybridized carbons (Fsp3) is 0.435. The van der Waals surface area contributed by atoms with Crippen LogP contribution in [-0.4, -0.2) is 40.3 Å². The zero-order valence-corrected chi connectivity index (χ0v) is 16.0. The van der Waals surface area contributed by atoms with Crippen LogP contribution < -0.4 is 5.32 Å². The molecule has 2 heterocycles. The first-order chi connectivity index (χ1) is 13.6. The molecule has 28 heavy (non-hydrogen) atoms. The molecule has 144 valence electrons. The van der Waals surface area contributed by atoms with Gasteiger partial charge in [-0.3, -0.25) is 14.6 Å². The van der Waals surface area contributed by atoms with E-state index in [1.54, 1.807) is 11.1 Å². The second-order valence-electron chi connectivity index (χ2n) is 7.78. The zero-order valence-electron chi connectivity index (χ0n) is 16.0. The van der Waals surface area contributed by atoms with Crippen LogP contribution >= 0.6 is 0 Å². The van der Waals surface area contributed by atoms with Crippen molar-refractivity contribution in [3.05, 3.63) is 42.1 Å². The van der Waals surface area contributed by atoms with Crippen molar-refractivity contribution in [1.29, 1.82) is 0 Å². The molecule has 2 amide bonds. The highest BCUT2D eigenvalue weighted by Gasteiger charge is 2.33. The average molecular weight is 375 g/mol. The molecule has 0 bridgehead atoms. The minimum atomic E-state index is -0.510. The van der Waals surface area contributed by atoms with Crippen LogP contribution in [0.4, 0.5) is 0 Å². The summed E-state index contributed by atoms with van der Waals surface area (Å²) in [6, 6.07) is 10.0. The van der Waals surface area contributed by atoms with E-state index in [1.807, 2.05) is 30.3 Å². The second-order valence-corrected chi connectivity index (χ2v) is 7.78. The van der Waals surface area contributed by atoms with Gasteiger partial charge < -0.3 is 10.2 Å². The number of rotatable bonds is 3. The molecule has 1 aromatic carbocycles. The van der Waals surface area contributed by atoms with Crippen LogP contribution in [-0.2, 0) is 9.59 Å². The number of amides is 2. The predicted molar refractivity (Wildman–Crippen MR) is 108 cm³/mol. The van der Waals surface area contributed by atoms with E-state index in [-0.39, 0.29) is 18.4 Å². The molecular weight excluding hydrogens is 350 g/mol. The Kier molecular flexibility index (Phi) is 5.29. The van der Waals surface area contributed by atoms with Crippen LogP contribution in [0, 0.1) is 11.8 Å². The van der Waals surface area contributed by atoms with Crippen LogP contribution in [0.15, 0.2) is 36.5 Å². The van der Waals surface area contributed by atoms with Gasteiger partial charge in [0.15, 0.2) is 0 Å². The standard InChI is InChI=1S/C23H25N3O2/c27-21(17-26-14-6-9-22(26)28)25-23(11-4-1-5-12-23)13-10-18-15-19-7-2-3-8-20(19)24-16-18/h2-3,7-8,15-16H,1,4-6,9,11-12,14,17H2,(H,25,27). The maximum absolute atomic E-state index is 12.6. The number of likely N-dealkylation sites (tertiary alicyclic amines) is 1. The Bertz CT molecular complexity index is 951. The summed E-state index contributed by atoms with van der Waals surface area (Å²) in [6.07, 6.45) is 8.14. The Balaban J connectivity index is 1.52. The normalized spacial score (nSPS) is 18.6. The molecule has 1 saturated carbocycles. The molecule has 0 spiro atoms. The Morgan fingerprint density at radius 3 is 2.79 bits per heavy atom. The first-order valence-corrected chi connectivity index (χ1v) is 10.1. The number of aromatic nitrogens is 1. The molecule has 5 heteroatoms. The van der Waals surface area contributed by atoms with Gasteiger partial charge in [0.2, 0.25) is 11.8 Å². The van der Waals surface area contributed by atoms with Gasteiger partial charge in [-0.25, -0.2) is 0 Å². The number of carbonyl (C=O) groups is 2. The minimum absolute atomic E-state index is 0.0705. The van der Waals surface area contributed by atoms with Crippen LogP contribution in [0.5, 0.6) is 0 Å². The number of hydrogen-bond acceptors (Lipinski definition) is 3. The van der Waals surface area contributed by atoms with Crippen LogP contribution in [0.3, 0.4) is 0 Å². The molecule has 5 nitrogen and oxygen atoms in total. The van der Waals surface area contributed by atoms with Gasteiger partial charge in [-0.05, 0) is 31.4 Å². The van der Waals surface area contributed by atoms with E-state index in [0.29, 0.717) is 13.0 Å². The van der Waals surface area contributed by atoms with Crippen molar-refractivity contribution >= 4 is 22.7 Å². The monoisotopic (exact) mass is 375 g/mol. The molecular formula is C23H25N3O2. The number of hydrogen-bond donors (Lipinski definition) is 1. The van der Waals surface area contributed by atoms with Crippen LogP contribution in [0.2, 0.25) is 0 Å². The highest BCUT2D eigenvalue weighted by molar-refractivity contribution is 5.86. The molecule has 2 aromatic rings. The quantitative estimate of drug-likeness (QED) is 0.839. The number of carbonyl (C=O) groups excluding carboxylic acids is 2. The largest absolute Gasteiger partial charge is 0.338 e. The lowest BCUT2D eigenvalue weighted by molar-refractivity contribution is -0.133. The summed E-state index contributed by atoms with van der Waals surface area (Å²) in [5.41, 5.74) is 1.29. The van der Waals surface area contributed by atoms with Crippen LogP contribution in [0.25, 0.3) is 10.9 Å². The first kappa shape index (κ1) is 18.5. The van der Waals surface area contributed by atoms with Crippen molar-refractivity contribution in [1.82, 2.24) is 15.2 Å². The number of nitrogens with zero attached hydrogens (tertiary/aromatic N) is 2. The minimum Gasteiger partial charge on any atom is -0.338 e. The molecule has 1 aromatic heterocycles. The molecule has 2 fully saturated rings. The zero-order chi connectivity index (χ0) is 19.4. The van der Waals surface area contributed by atoms with E-state index in [2.05, 4.69) is 22.1 Å². The third-order valence-electron chi connectivity index (χ3n) is 5.63. The van der Waals surface area contributed by atoms with Crippen molar-refractivity contribution in [3.63, 3.8) is 0 Å². The molecule has 1 saturated heterocycles. The fourth-order valence-corrected chi connectivity index (χ4v) is 4.12. The number of fused-ring (bicyclic) bond motifs is 1. The van der Waals surface area contributed by atoms with Crippen molar-refractivity contribution in [2.24, 2.45) is 0 Å². The van der Waals surface area contributed by atoms with E-state index in [9.17, 15) is 9.59 Å². The Morgan fingerprint density at radius 1 is 1.18 bits per heavy atom. The fourth-order valence-electron chi connectivity index (χ4n) is 4.12. The van der Waals surface area contributed by atoms with Crippen molar-refractivity contribution < 1.29 is 9.59 Å². The smallest absolute Gasteiger partial charge is 0.240 e. The maximum Gasteiger partial charge on any atom is 0.240 e. The number of benzene rings is 1. The topological polar surface area (TPSA) is 62.3 Å². The summed E-state index contributed by atoms with van der Waals surface area (Å²) in [4.78, 5) is 30.5. The Labute approximate surface area is 165 Å². The number of pyridine rings is 1. The van der Waals surface area contributed by atoms with Gasteiger partial charge in [0.1, 0.15) is 5.54 Å². The van der Waals surface area contributed by atoms with Gasteiger partial charge in [-0.1, -0.05) is 49.3 Å². The molecule has 1 aliphatic carbocycles. The molecule has 0 radical (unpaired) electrons. The molecule has 4 rings (SSSR count). The highest BCUT2D eigenvalue weighted by Crippen LogP contribution is 2.28. The van der Waals surface area contributed by atoms with E-state index in [4.69, 9.17) is 0 Å². The van der Waals surface area contributed by atoms with Gasteiger partial charge in [-0.15, -0.1) is 0 Å². The molecule has 0 atom stereocenters. The summed E-state index contributed by atoms with van der Waals surface area (Å²) in [5.74, 6) is 6.57. The first-order valence-electron chi connectivity index (χ1n) is 10.1. The van der Waals surface area contributed by atoms with Gasteiger partial charge in [0.05, 0.1) is 12.1 Å². The van der Waals surface area contributed by atoms with E-state index >= 15 is 0 Å². The third kappa shape index (κ3) is 4.17. The summed E-state index contributed by atoms with van der Waals surface area (Å²) >= 11 is 0. The van der Waals surface area contributed by atoms with Crippen LogP contribution in [0.1, 0.15) is 50.5 Å². The summed E-state index contributed by atoms with van der Waals surface area (Å²) < 4.78 is 0. The SMILES string of the molecule is O=C(CN1CCCC1=O)NC1(C#Cc2cnc3ccccc3c2)CCCCC1. The summed E-state index contributed by atoms with van der Waals surface area (Å²) in [6.45, 7) is 0.813. The van der Waals surface area contributed by atoms with Crippen molar-refractivity contribution in [2.45, 2.75) is 50.5 Å². The van der Waals surface area contributed by atoms with E-state index in [0.717, 1.165) is 48.6 Å². The number of para-hydroxylation sites is 1. The lowest BCUT2D eigenvalue weighted by Gasteiger charge is -2.34. The summed E-state index contributed by atoms with van der Waals surface area (Å²) in [5, 5.41) is 4.22. The van der Waals surface area contributed by atoms with Gasteiger partial charge >= 0.3 is 0 Å². The Hall–Kier alpha value is -2.87. The van der Waals surface area contributed by atoms with Crippen molar-refractivity contribution in [2.75, 3.05) is 13.1 Å². The third-order valence-corrected chi connectivity index (χ3v) is 5.63. The van der Waals surface area contributed by atoms with Crippen molar-refractivity contribution in [3.8, 4) is 11.8 Å². The lowest BCUT2D eigenvalue weighted by Crippen LogP contribution is -2.51. The lowest BCUT2D eigenvalue weighted by atomic mass is 9.82. The average Bonchev–Trinajstić information content (AvgIpc) is 3.11. The molecule has 1 aliphatic heterocycles. The molecule has 2 aliphatic rings. The predicted octanol–water partition coefficient (Wildman–Crippen LogP) is 3.03. The van der Waals surface area contributed by atoms with E-state index in [1.165, 1.54) is 6.42 Å². The molecule has 0 unspecified atom stereocenters. The van der Waals surface area contributed by atoms with Gasteiger partial charge in [0, 0.05) is 30.1 Å². The number of nitrogens with one attached hydrogen (secondary N) is 1. The van der Waals surface area contributed by atoms with Gasteiger partial charge in [-0.2, -0.15) is 0 Å². The second kappa shape index (κ2) is 8.02. The molecule has 1 N–H and O–H groups in total. The van der Waals surface area contributed by atoms with E-state index < -0.39 is 5.54 Å². The van der Waals surface area contributed by atoms with Gasteiger partial charge in [0.25, 0.3) is 0 Å². The highest BCUT2D eigenvalue weighted by atomic mass is 16.2.